The first-order chi connectivity index (χ1) is 7.29. The molecule has 0 amide bonds. The number of aromatic nitrogens is 1. The van der Waals surface area contributed by atoms with E-state index in [-0.39, 0.29) is 0 Å². The number of nitrogens with zero attached hydrogens (tertiary/aromatic N) is 1. The minimum atomic E-state index is 0.670. The molecule has 1 aromatic heterocycles. The van der Waals surface area contributed by atoms with Gasteiger partial charge in [0.05, 0.1) is 5.03 Å². The Kier molecular flexibility index (Phi) is 3.41. The summed E-state index contributed by atoms with van der Waals surface area (Å²) in [5.41, 5.74) is 1.79. The van der Waals surface area contributed by atoms with E-state index in [1.165, 1.54) is 25.7 Å². The van der Waals surface area contributed by atoms with E-state index >= 15 is 0 Å². The zero-order chi connectivity index (χ0) is 10.7. The molecule has 1 aliphatic rings. The molecule has 15 heavy (non-hydrogen) atoms. The van der Waals surface area contributed by atoms with Gasteiger partial charge in [-0.3, -0.25) is 4.79 Å². The summed E-state index contributed by atoms with van der Waals surface area (Å²) in [6, 6.07) is 1.91. The lowest BCUT2D eigenvalue weighted by molar-refractivity contribution is 0.112. The summed E-state index contributed by atoms with van der Waals surface area (Å²) >= 11 is 1.87. The smallest absolute Gasteiger partial charge is 0.151 e. The van der Waals surface area contributed by atoms with Crippen LogP contribution in [0.4, 0.5) is 0 Å². The van der Waals surface area contributed by atoms with Crippen molar-refractivity contribution < 1.29 is 4.79 Å². The van der Waals surface area contributed by atoms with E-state index in [4.69, 9.17) is 0 Å². The Morgan fingerprint density at radius 1 is 1.47 bits per heavy atom. The average molecular weight is 221 g/mol. The van der Waals surface area contributed by atoms with Gasteiger partial charge in [-0.1, -0.05) is 12.8 Å². The molecule has 1 fully saturated rings. The van der Waals surface area contributed by atoms with Crippen LogP contribution in [-0.2, 0) is 0 Å². The van der Waals surface area contributed by atoms with Crippen molar-refractivity contribution in [2.45, 2.75) is 42.9 Å². The van der Waals surface area contributed by atoms with Gasteiger partial charge in [-0.05, 0) is 31.4 Å². The number of thioether (sulfide) groups is 1. The Bertz CT molecular complexity index is 359. The van der Waals surface area contributed by atoms with Crippen LogP contribution in [0.25, 0.3) is 0 Å². The third kappa shape index (κ3) is 2.59. The Hall–Kier alpha value is -0.830. The summed E-state index contributed by atoms with van der Waals surface area (Å²) in [5.74, 6) is 0. The number of carbonyl (C=O) groups is 1. The normalized spacial score (nSPS) is 16.9. The van der Waals surface area contributed by atoms with E-state index in [0.717, 1.165) is 22.1 Å². The van der Waals surface area contributed by atoms with E-state index in [9.17, 15) is 4.79 Å². The van der Waals surface area contributed by atoms with Crippen molar-refractivity contribution >= 4 is 18.0 Å². The van der Waals surface area contributed by atoms with Gasteiger partial charge in [-0.15, -0.1) is 11.8 Å². The van der Waals surface area contributed by atoms with Gasteiger partial charge in [0, 0.05) is 17.0 Å². The maximum absolute atomic E-state index is 10.6. The van der Waals surface area contributed by atoms with Gasteiger partial charge in [-0.25, -0.2) is 4.98 Å². The molecule has 3 heteroatoms. The van der Waals surface area contributed by atoms with Crippen molar-refractivity contribution in [3.05, 3.63) is 23.4 Å². The lowest BCUT2D eigenvalue weighted by Crippen LogP contribution is -1.97. The van der Waals surface area contributed by atoms with E-state index < -0.39 is 0 Å². The molecule has 0 unspecified atom stereocenters. The summed E-state index contributed by atoms with van der Waals surface area (Å²) in [5, 5.41) is 1.82. The van der Waals surface area contributed by atoms with Crippen molar-refractivity contribution in [1.82, 2.24) is 4.98 Å². The predicted molar refractivity (Wildman–Crippen MR) is 62.5 cm³/mol. The quantitative estimate of drug-likeness (QED) is 0.734. The maximum atomic E-state index is 10.6. The van der Waals surface area contributed by atoms with Crippen molar-refractivity contribution in [2.75, 3.05) is 0 Å². The van der Waals surface area contributed by atoms with Gasteiger partial charge >= 0.3 is 0 Å². The summed E-state index contributed by atoms with van der Waals surface area (Å²) < 4.78 is 0. The van der Waals surface area contributed by atoms with Gasteiger partial charge in [0.25, 0.3) is 0 Å². The van der Waals surface area contributed by atoms with E-state index in [1.54, 1.807) is 6.20 Å². The second kappa shape index (κ2) is 4.79. The maximum Gasteiger partial charge on any atom is 0.151 e. The van der Waals surface area contributed by atoms with Crippen molar-refractivity contribution in [3.63, 3.8) is 0 Å². The van der Waals surface area contributed by atoms with Crippen LogP contribution >= 0.6 is 11.8 Å². The molecule has 0 radical (unpaired) electrons. The Morgan fingerprint density at radius 2 is 2.20 bits per heavy atom. The number of aryl methyl sites for hydroxylation is 1. The van der Waals surface area contributed by atoms with Crippen molar-refractivity contribution in [3.8, 4) is 0 Å². The minimum absolute atomic E-state index is 0.670. The molecule has 2 nitrogen and oxygen atoms in total. The fraction of sp³-hybridized carbons (Fsp3) is 0.500. The fourth-order valence-electron chi connectivity index (χ4n) is 1.94. The highest BCUT2D eigenvalue weighted by Crippen LogP contribution is 2.34. The first-order valence-corrected chi connectivity index (χ1v) is 6.26. The highest BCUT2D eigenvalue weighted by Gasteiger charge is 2.17. The summed E-state index contributed by atoms with van der Waals surface area (Å²) in [6.45, 7) is 2.03. The second-order valence-corrected chi connectivity index (χ2v) is 5.32. The topological polar surface area (TPSA) is 30.0 Å². The molecule has 0 N–H and O–H groups in total. The first kappa shape index (κ1) is 10.7. The van der Waals surface area contributed by atoms with Crippen LogP contribution in [0, 0.1) is 6.92 Å². The largest absolute Gasteiger partial charge is 0.298 e. The lowest BCUT2D eigenvalue weighted by Gasteiger charge is -2.09. The molecule has 0 saturated heterocycles. The fourth-order valence-corrected chi connectivity index (χ4v) is 3.18. The van der Waals surface area contributed by atoms with Crippen LogP contribution in [0.3, 0.4) is 0 Å². The highest BCUT2D eigenvalue weighted by atomic mass is 32.2. The highest BCUT2D eigenvalue weighted by molar-refractivity contribution is 7.99. The van der Waals surface area contributed by atoms with E-state index in [0.29, 0.717) is 5.56 Å². The minimum Gasteiger partial charge on any atom is -0.298 e. The van der Waals surface area contributed by atoms with Gasteiger partial charge in [-0.2, -0.15) is 0 Å². The molecule has 0 bridgehead atoms. The molecule has 1 aliphatic carbocycles. The summed E-state index contributed by atoms with van der Waals surface area (Å²) in [7, 11) is 0. The third-order valence-corrected chi connectivity index (χ3v) is 4.22. The average Bonchev–Trinajstić information content (AvgIpc) is 2.74. The van der Waals surface area contributed by atoms with Gasteiger partial charge in [0.1, 0.15) is 0 Å². The zero-order valence-corrected chi connectivity index (χ0v) is 9.72. The molecule has 2 rings (SSSR count). The number of hydrogen-bond acceptors (Lipinski definition) is 3. The summed E-state index contributed by atoms with van der Waals surface area (Å²) in [6.07, 6.45) is 7.83. The van der Waals surface area contributed by atoms with Crippen LogP contribution in [0.1, 0.15) is 41.6 Å². The number of aldehydes is 1. The number of carbonyl (C=O) groups excluding carboxylic acids is 1. The molecular formula is C12H15NOS. The number of hydrogen-bond donors (Lipinski definition) is 0. The molecule has 80 valence electrons. The van der Waals surface area contributed by atoms with Gasteiger partial charge < -0.3 is 0 Å². The standard InChI is InChI=1S/C12H15NOS/c1-9-6-10(8-14)7-13-12(9)15-11-4-2-3-5-11/h6-8,11H,2-5H2,1H3. The summed E-state index contributed by atoms with van der Waals surface area (Å²) in [4.78, 5) is 14.9. The van der Waals surface area contributed by atoms with Crippen LogP contribution < -0.4 is 0 Å². The number of rotatable bonds is 3. The van der Waals surface area contributed by atoms with Crippen molar-refractivity contribution in [2.24, 2.45) is 0 Å². The Morgan fingerprint density at radius 3 is 2.80 bits per heavy atom. The molecule has 1 saturated carbocycles. The van der Waals surface area contributed by atoms with E-state index in [2.05, 4.69) is 4.98 Å². The second-order valence-electron chi connectivity index (χ2n) is 4.03. The molecule has 0 aliphatic heterocycles. The van der Waals surface area contributed by atoms with Crippen LogP contribution in [-0.4, -0.2) is 16.5 Å². The predicted octanol–water partition coefficient (Wildman–Crippen LogP) is 3.24. The van der Waals surface area contributed by atoms with Gasteiger partial charge in [0.2, 0.25) is 0 Å². The molecule has 0 aromatic carbocycles. The lowest BCUT2D eigenvalue weighted by atomic mass is 10.2. The molecule has 0 atom stereocenters. The van der Waals surface area contributed by atoms with Gasteiger partial charge in [0.15, 0.2) is 6.29 Å². The Balaban J connectivity index is 2.10. The Labute approximate surface area is 94.5 Å². The third-order valence-electron chi connectivity index (χ3n) is 2.77. The monoisotopic (exact) mass is 221 g/mol. The van der Waals surface area contributed by atoms with Crippen molar-refractivity contribution in [1.29, 1.82) is 0 Å². The van der Waals surface area contributed by atoms with Crippen LogP contribution in [0.15, 0.2) is 17.3 Å². The van der Waals surface area contributed by atoms with E-state index in [1.807, 2.05) is 24.8 Å². The zero-order valence-electron chi connectivity index (χ0n) is 8.90. The molecule has 1 heterocycles. The first-order valence-electron chi connectivity index (χ1n) is 5.38. The molecule has 0 spiro atoms. The SMILES string of the molecule is Cc1cc(C=O)cnc1SC1CCCC1. The number of pyridine rings is 1. The van der Waals surface area contributed by atoms with Crippen LogP contribution in [0.5, 0.6) is 0 Å². The molecular weight excluding hydrogens is 206 g/mol. The molecule has 1 aromatic rings. The van der Waals surface area contributed by atoms with Crippen LogP contribution in [0.2, 0.25) is 0 Å².